The van der Waals surface area contributed by atoms with E-state index in [1.807, 2.05) is 6.07 Å². The van der Waals surface area contributed by atoms with Gasteiger partial charge < -0.3 is 26.4 Å². The summed E-state index contributed by atoms with van der Waals surface area (Å²) in [6.45, 7) is -0.0421. The van der Waals surface area contributed by atoms with Crippen molar-refractivity contribution < 1.29 is 19.1 Å². The second-order valence-corrected chi connectivity index (χ2v) is 10.1. The van der Waals surface area contributed by atoms with Crippen molar-refractivity contribution in [1.82, 2.24) is 4.90 Å². The number of amides is 3. The van der Waals surface area contributed by atoms with Gasteiger partial charge in [-0.2, -0.15) is 5.26 Å². The van der Waals surface area contributed by atoms with Crippen LogP contribution < -0.4 is 16.4 Å². The number of anilines is 2. The van der Waals surface area contributed by atoms with Gasteiger partial charge >= 0.3 is 6.03 Å². The molecule has 3 aromatic rings. The van der Waals surface area contributed by atoms with Gasteiger partial charge in [-0.05, 0) is 66.1 Å². The first-order chi connectivity index (χ1) is 18.2. The molecule has 194 valence electrons. The van der Waals surface area contributed by atoms with Gasteiger partial charge in [0.2, 0.25) is 5.91 Å². The zero-order chi connectivity index (χ0) is 27.0. The molecule has 10 heteroatoms. The van der Waals surface area contributed by atoms with Gasteiger partial charge in [-0.15, -0.1) is 0 Å². The molecule has 1 saturated carbocycles. The van der Waals surface area contributed by atoms with Crippen LogP contribution in [0.2, 0.25) is 5.02 Å². The third kappa shape index (κ3) is 5.07. The molecule has 0 bridgehead atoms. The third-order valence-corrected chi connectivity index (χ3v) is 7.37. The summed E-state index contributed by atoms with van der Waals surface area (Å²) in [5, 5.41) is 25.2. The Balaban J connectivity index is 1.30. The van der Waals surface area contributed by atoms with Crippen molar-refractivity contribution >= 4 is 34.9 Å². The van der Waals surface area contributed by atoms with Crippen LogP contribution in [-0.2, 0) is 10.3 Å². The number of rotatable bonds is 5. The molecule has 0 radical (unpaired) electrons. The summed E-state index contributed by atoms with van der Waals surface area (Å²) in [6.07, 6.45) is -0.273. The monoisotopic (exact) mass is 533 g/mol. The van der Waals surface area contributed by atoms with Crippen molar-refractivity contribution in [3.05, 3.63) is 94.3 Å². The number of urea groups is 1. The minimum absolute atomic E-state index is 0.0188. The van der Waals surface area contributed by atoms with Crippen LogP contribution in [0.15, 0.2) is 66.7 Å². The highest BCUT2D eigenvalue weighted by molar-refractivity contribution is 6.30. The lowest BCUT2D eigenvalue weighted by atomic mass is 9.97. The van der Waals surface area contributed by atoms with E-state index in [2.05, 4.69) is 16.7 Å². The molecule has 1 heterocycles. The van der Waals surface area contributed by atoms with Crippen LogP contribution in [0.1, 0.15) is 35.4 Å². The molecule has 2 aliphatic rings. The fourth-order valence-electron chi connectivity index (χ4n) is 4.98. The van der Waals surface area contributed by atoms with Gasteiger partial charge in [-0.25, -0.2) is 9.18 Å². The Hall–Kier alpha value is -3.97. The summed E-state index contributed by atoms with van der Waals surface area (Å²) >= 11 is 5.88. The Morgan fingerprint density at radius 2 is 1.89 bits per heavy atom. The number of aliphatic hydroxyl groups is 1. The summed E-state index contributed by atoms with van der Waals surface area (Å²) in [5.74, 6) is -1.37. The lowest BCUT2D eigenvalue weighted by molar-refractivity contribution is -0.119. The van der Waals surface area contributed by atoms with Crippen LogP contribution in [0.3, 0.4) is 0 Å². The number of nitrogens with two attached hydrogens (primary N) is 1. The van der Waals surface area contributed by atoms with Crippen molar-refractivity contribution in [3.8, 4) is 6.07 Å². The highest BCUT2D eigenvalue weighted by atomic mass is 35.5. The third-order valence-electron chi connectivity index (χ3n) is 7.12. The van der Waals surface area contributed by atoms with Crippen molar-refractivity contribution in [2.75, 3.05) is 17.2 Å². The van der Waals surface area contributed by atoms with Crippen LogP contribution >= 0.6 is 11.6 Å². The predicted octanol–water partition coefficient (Wildman–Crippen LogP) is 4.30. The first kappa shape index (κ1) is 25.7. The first-order valence-corrected chi connectivity index (χ1v) is 12.5. The van der Waals surface area contributed by atoms with E-state index in [9.17, 15) is 24.3 Å². The molecule has 1 saturated heterocycles. The highest BCUT2D eigenvalue weighted by Crippen LogP contribution is 2.56. The van der Waals surface area contributed by atoms with Crippen LogP contribution in [0.25, 0.3) is 0 Å². The molecule has 0 aromatic heterocycles. The van der Waals surface area contributed by atoms with Crippen molar-refractivity contribution in [1.29, 1.82) is 5.26 Å². The van der Waals surface area contributed by atoms with Gasteiger partial charge in [0.1, 0.15) is 11.9 Å². The number of halogens is 2. The quantitative estimate of drug-likeness (QED) is 0.388. The number of carbonyl (C=O) groups is 2. The van der Waals surface area contributed by atoms with Crippen LogP contribution in [0.4, 0.5) is 20.6 Å². The second kappa shape index (κ2) is 10.1. The van der Waals surface area contributed by atoms with E-state index in [0.29, 0.717) is 22.7 Å². The molecule has 38 heavy (non-hydrogen) atoms. The standard InChI is InChI=1S/C28H25ClFN5O3/c29-19-5-7-20(8-6-19)33-27(38)35-15-21(36)12-25(35)26(37)34-24-11-17(4-9-23(24)30)22-13-28(22,32)18-3-1-2-16(10-18)14-31/h1-11,21-22,25,36H,12-13,15,32H2,(H,33,38)(H,34,37)/t21-,22?,25+,28?/m0/s1. The van der Waals surface area contributed by atoms with E-state index in [1.165, 1.54) is 11.0 Å². The average Bonchev–Trinajstić information content (AvgIpc) is 3.45. The number of hydrogen-bond donors (Lipinski definition) is 4. The first-order valence-electron chi connectivity index (χ1n) is 12.1. The molecule has 0 spiro atoms. The summed E-state index contributed by atoms with van der Waals surface area (Å²) in [6, 6.07) is 18.6. The number of nitrogens with zero attached hydrogens (tertiary/aromatic N) is 2. The Morgan fingerprint density at radius 3 is 2.63 bits per heavy atom. The minimum atomic E-state index is -0.997. The number of likely N-dealkylation sites (tertiary alicyclic amines) is 1. The lowest BCUT2D eigenvalue weighted by Gasteiger charge is -2.24. The summed E-state index contributed by atoms with van der Waals surface area (Å²) < 4.78 is 14.7. The van der Waals surface area contributed by atoms with E-state index < -0.39 is 35.4 Å². The molecular formula is C28H25ClFN5O3. The van der Waals surface area contributed by atoms with Crippen LogP contribution in [0, 0.1) is 17.1 Å². The Kier molecular flexibility index (Phi) is 6.80. The topological polar surface area (TPSA) is 131 Å². The number of nitrogens with one attached hydrogen (secondary N) is 2. The van der Waals surface area contributed by atoms with Crippen LogP contribution in [-0.4, -0.2) is 40.6 Å². The summed E-state index contributed by atoms with van der Waals surface area (Å²) in [7, 11) is 0. The molecular weight excluding hydrogens is 509 g/mol. The molecule has 5 rings (SSSR count). The second-order valence-electron chi connectivity index (χ2n) is 9.71. The van der Waals surface area contributed by atoms with Gasteiger partial charge in [0.15, 0.2) is 0 Å². The molecule has 4 atom stereocenters. The van der Waals surface area contributed by atoms with E-state index in [1.54, 1.807) is 54.6 Å². The maximum Gasteiger partial charge on any atom is 0.322 e. The molecule has 1 aliphatic heterocycles. The van der Waals surface area contributed by atoms with Gasteiger partial charge in [-0.1, -0.05) is 29.8 Å². The zero-order valence-corrected chi connectivity index (χ0v) is 21.0. The van der Waals surface area contributed by atoms with Crippen molar-refractivity contribution in [2.45, 2.75) is 36.4 Å². The van der Waals surface area contributed by atoms with E-state index in [0.717, 1.165) is 11.1 Å². The van der Waals surface area contributed by atoms with E-state index >= 15 is 0 Å². The van der Waals surface area contributed by atoms with Crippen molar-refractivity contribution in [2.24, 2.45) is 5.73 Å². The number of aliphatic hydroxyl groups excluding tert-OH is 1. The minimum Gasteiger partial charge on any atom is -0.391 e. The summed E-state index contributed by atoms with van der Waals surface area (Å²) in [5.41, 5.74) is 8.44. The Bertz CT molecular complexity index is 1440. The van der Waals surface area contributed by atoms with Gasteiger partial charge in [0.05, 0.1) is 23.4 Å². The fraction of sp³-hybridized carbons (Fsp3) is 0.250. The average molecular weight is 534 g/mol. The normalized spacial score (nSPS) is 24.0. The van der Waals surface area contributed by atoms with Gasteiger partial charge in [0.25, 0.3) is 0 Å². The van der Waals surface area contributed by atoms with E-state index in [4.69, 9.17) is 17.3 Å². The Labute approximate surface area is 223 Å². The lowest BCUT2D eigenvalue weighted by Crippen LogP contribution is -2.45. The summed E-state index contributed by atoms with van der Waals surface area (Å²) in [4.78, 5) is 27.2. The largest absolute Gasteiger partial charge is 0.391 e. The molecule has 2 unspecified atom stereocenters. The highest BCUT2D eigenvalue weighted by Gasteiger charge is 2.53. The maximum atomic E-state index is 14.7. The molecule has 2 fully saturated rings. The molecule has 3 amide bonds. The molecule has 3 aromatic carbocycles. The molecule has 1 aliphatic carbocycles. The molecule has 5 N–H and O–H groups in total. The van der Waals surface area contributed by atoms with Gasteiger partial charge in [0, 0.05) is 35.1 Å². The zero-order valence-electron chi connectivity index (χ0n) is 20.2. The van der Waals surface area contributed by atoms with Crippen LogP contribution in [0.5, 0.6) is 0 Å². The maximum absolute atomic E-state index is 14.7. The number of hydrogen-bond acceptors (Lipinski definition) is 5. The number of nitriles is 1. The smallest absolute Gasteiger partial charge is 0.322 e. The van der Waals surface area contributed by atoms with Crippen molar-refractivity contribution in [3.63, 3.8) is 0 Å². The predicted molar refractivity (Wildman–Crippen MR) is 141 cm³/mol. The SMILES string of the molecule is N#Cc1cccc(C2(N)CC2c2ccc(F)c(NC(=O)[C@H]3C[C@H](O)CN3C(=O)Nc3ccc(Cl)cc3)c2)c1. The number of β-amino-alcohol motifs (C(OH)–C–C–N with tert-alkyl or cyclic N) is 1. The number of benzene rings is 3. The molecule has 8 nitrogen and oxygen atoms in total. The fourth-order valence-corrected chi connectivity index (χ4v) is 5.10. The van der Waals surface area contributed by atoms with E-state index in [-0.39, 0.29) is 24.6 Å². The number of carbonyl (C=O) groups excluding carboxylic acids is 2. The Morgan fingerprint density at radius 1 is 1.13 bits per heavy atom. The van der Waals surface area contributed by atoms with Gasteiger partial charge in [-0.3, -0.25) is 4.79 Å².